The average Bonchev–Trinajstić information content (AvgIpc) is 3.05. The molecule has 1 aliphatic rings. The number of hydrogen-bond donors (Lipinski definition) is 3. The predicted octanol–water partition coefficient (Wildman–Crippen LogP) is 2.31. The lowest BCUT2D eigenvalue weighted by molar-refractivity contribution is -0.120. The second-order valence-electron chi connectivity index (χ2n) is 7.34. The predicted molar refractivity (Wildman–Crippen MR) is 119 cm³/mol. The summed E-state index contributed by atoms with van der Waals surface area (Å²) in [5.41, 5.74) is 3.17. The van der Waals surface area contributed by atoms with Crippen molar-refractivity contribution in [1.82, 2.24) is 15.5 Å². The largest absolute Gasteiger partial charge is 0.354 e. The Labute approximate surface area is 184 Å². The third kappa shape index (κ3) is 6.04. The maximum Gasteiger partial charge on any atom is 0.262 e. The van der Waals surface area contributed by atoms with E-state index in [4.69, 9.17) is 11.6 Å². The summed E-state index contributed by atoms with van der Waals surface area (Å²) < 4.78 is 0.485. The van der Waals surface area contributed by atoms with E-state index in [0.29, 0.717) is 14.9 Å². The fourth-order valence-corrected chi connectivity index (χ4v) is 4.21. The SMILES string of the molecule is CC(=O)NC[C@@H](NC(=O)c1ccc(Cl)s1)C(=O)Nc1ccc2c(c1)CCN(C)CC2. The van der Waals surface area contributed by atoms with Gasteiger partial charge in [0.05, 0.1) is 9.21 Å². The fraction of sp³-hybridized carbons (Fsp3) is 0.381. The van der Waals surface area contributed by atoms with Crippen LogP contribution in [0.2, 0.25) is 4.34 Å². The van der Waals surface area contributed by atoms with E-state index in [0.717, 1.165) is 37.3 Å². The Morgan fingerprint density at radius 3 is 2.53 bits per heavy atom. The zero-order valence-electron chi connectivity index (χ0n) is 17.0. The molecule has 0 saturated heterocycles. The van der Waals surface area contributed by atoms with Crippen LogP contribution < -0.4 is 16.0 Å². The molecule has 0 aliphatic carbocycles. The molecule has 0 radical (unpaired) electrons. The third-order valence-electron chi connectivity index (χ3n) is 4.97. The van der Waals surface area contributed by atoms with Gasteiger partial charge >= 0.3 is 0 Å². The minimum absolute atomic E-state index is 0.0122. The number of carbonyl (C=O) groups is 3. The number of fused-ring (bicyclic) bond motifs is 1. The summed E-state index contributed by atoms with van der Waals surface area (Å²) in [5.74, 6) is -1.09. The Morgan fingerprint density at radius 2 is 1.87 bits per heavy atom. The number of thiophene rings is 1. The van der Waals surface area contributed by atoms with Gasteiger partial charge in [-0.2, -0.15) is 0 Å². The lowest BCUT2D eigenvalue weighted by atomic mass is 10.0. The zero-order valence-corrected chi connectivity index (χ0v) is 18.5. The molecular weight excluding hydrogens is 424 g/mol. The first-order chi connectivity index (χ1) is 14.3. The summed E-state index contributed by atoms with van der Waals surface area (Å²) in [4.78, 5) is 39.4. The molecule has 0 saturated carbocycles. The molecule has 3 amide bonds. The highest BCUT2D eigenvalue weighted by atomic mass is 35.5. The molecule has 1 aromatic heterocycles. The number of hydrogen-bond acceptors (Lipinski definition) is 5. The van der Waals surface area contributed by atoms with Crippen LogP contribution >= 0.6 is 22.9 Å². The lowest BCUT2D eigenvalue weighted by Crippen LogP contribution is -2.50. The van der Waals surface area contributed by atoms with Gasteiger partial charge in [0.1, 0.15) is 6.04 Å². The van der Waals surface area contributed by atoms with Crippen LogP contribution in [0.15, 0.2) is 30.3 Å². The van der Waals surface area contributed by atoms with E-state index in [9.17, 15) is 14.4 Å². The normalized spacial score (nSPS) is 14.9. The molecule has 30 heavy (non-hydrogen) atoms. The van der Waals surface area contributed by atoms with Crippen molar-refractivity contribution >= 4 is 46.3 Å². The molecule has 9 heteroatoms. The Kier molecular flexibility index (Phi) is 7.47. The number of rotatable bonds is 6. The number of halogens is 1. The molecule has 3 N–H and O–H groups in total. The van der Waals surface area contributed by atoms with E-state index in [1.165, 1.54) is 18.1 Å². The van der Waals surface area contributed by atoms with Crippen LogP contribution in [0.1, 0.15) is 27.7 Å². The topological polar surface area (TPSA) is 90.5 Å². The van der Waals surface area contributed by atoms with Gasteiger partial charge in [-0.1, -0.05) is 17.7 Å². The fourth-order valence-electron chi connectivity index (χ4n) is 3.26. The van der Waals surface area contributed by atoms with Gasteiger partial charge in [-0.3, -0.25) is 14.4 Å². The number of amides is 3. The minimum atomic E-state index is -0.924. The van der Waals surface area contributed by atoms with E-state index in [-0.39, 0.29) is 12.5 Å². The first kappa shape index (κ1) is 22.3. The van der Waals surface area contributed by atoms with Crippen molar-refractivity contribution in [3.63, 3.8) is 0 Å². The smallest absolute Gasteiger partial charge is 0.262 e. The van der Waals surface area contributed by atoms with Gasteiger partial charge in [0.2, 0.25) is 11.8 Å². The third-order valence-corrected chi connectivity index (χ3v) is 6.20. The molecule has 0 unspecified atom stereocenters. The van der Waals surface area contributed by atoms with Gasteiger partial charge in [-0.05, 0) is 55.3 Å². The molecule has 0 spiro atoms. The van der Waals surface area contributed by atoms with Crippen molar-refractivity contribution in [2.75, 3.05) is 32.0 Å². The van der Waals surface area contributed by atoms with Crippen LogP contribution in [0.25, 0.3) is 0 Å². The van der Waals surface area contributed by atoms with Crippen molar-refractivity contribution in [3.8, 4) is 0 Å². The van der Waals surface area contributed by atoms with Crippen LogP contribution in [0.3, 0.4) is 0 Å². The quantitative estimate of drug-likeness (QED) is 0.632. The van der Waals surface area contributed by atoms with Crippen molar-refractivity contribution < 1.29 is 14.4 Å². The van der Waals surface area contributed by atoms with E-state index >= 15 is 0 Å². The summed E-state index contributed by atoms with van der Waals surface area (Å²) >= 11 is 7.02. The zero-order chi connectivity index (χ0) is 21.7. The van der Waals surface area contributed by atoms with E-state index in [1.54, 1.807) is 12.1 Å². The molecule has 3 rings (SSSR count). The number of nitrogens with zero attached hydrogens (tertiary/aromatic N) is 1. The highest BCUT2D eigenvalue weighted by Crippen LogP contribution is 2.22. The number of likely N-dealkylation sites (N-methyl/N-ethyl adjacent to an activating group) is 1. The molecule has 2 heterocycles. The van der Waals surface area contributed by atoms with Gasteiger partial charge < -0.3 is 20.9 Å². The van der Waals surface area contributed by atoms with Gasteiger partial charge in [-0.25, -0.2) is 0 Å². The van der Waals surface area contributed by atoms with Gasteiger partial charge in [0.15, 0.2) is 0 Å². The van der Waals surface area contributed by atoms with Crippen LogP contribution in [0.4, 0.5) is 5.69 Å². The number of carbonyl (C=O) groups excluding carboxylic acids is 3. The highest BCUT2D eigenvalue weighted by Gasteiger charge is 2.23. The van der Waals surface area contributed by atoms with E-state index < -0.39 is 17.9 Å². The van der Waals surface area contributed by atoms with Crippen molar-refractivity contribution in [2.24, 2.45) is 0 Å². The summed E-state index contributed by atoms with van der Waals surface area (Å²) in [6.07, 6.45) is 1.89. The number of nitrogens with one attached hydrogen (secondary N) is 3. The molecule has 0 fully saturated rings. The minimum Gasteiger partial charge on any atom is -0.354 e. The summed E-state index contributed by atoms with van der Waals surface area (Å²) in [5, 5.41) is 8.14. The van der Waals surface area contributed by atoms with Gasteiger partial charge in [0, 0.05) is 32.2 Å². The highest BCUT2D eigenvalue weighted by molar-refractivity contribution is 7.18. The summed E-state index contributed by atoms with van der Waals surface area (Å²) in [7, 11) is 2.10. The molecular formula is C21H25ClN4O3S. The first-order valence-electron chi connectivity index (χ1n) is 9.73. The molecule has 1 aliphatic heterocycles. The Morgan fingerprint density at radius 1 is 1.13 bits per heavy atom. The van der Waals surface area contributed by atoms with Gasteiger partial charge in [0.25, 0.3) is 5.91 Å². The molecule has 160 valence electrons. The monoisotopic (exact) mass is 448 g/mol. The maximum absolute atomic E-state index is 12.9. The summed E-state index contributed by atoms with van der Waals surface area (Å²) in [6, 6.07) is 8.20. The summed E-state index contributed by atoms with van der Waals surface area (Å²) in [6.45, 7) is 3.33. The Balaban J connectivity index is 1.71. The molecule has 2 aromatic rings. The maximum atomic E-state index is 12.9. The van der Waals surface area contributed by atoms with Crippen LogP contribution in [-0.2, 0) is 22.4 Å². The van der Waals surface area contributed by atoms with Crippen LogP contribution in [-0.4, -0.2) is 55.3 Å². The molecule has 0 bridgehead atoms. The van der Waals surface area contributed by atoms with E-state index in [2.05, 4.69) is 27.9 Å². The standard InChI is InChI=1S/C21H25ClN4O3S/c1-13(27)23-12-17(25-21(29)18-5-6-19(22)30-18)20(28)24-16-4-3-14-7-9-26(2)10-8-15(14)11-16/h3-6,11,17H,7-10,12H2,1-2H3,(H,23,27)(H,24,28)(H,25,29)/t17-/m1/s1. The van der Waals surface area contributed by atoms with Crippen molar-refractivity contribution in [2.45, 2.75) is 25.8 Å². The number of anilines is 1. The lowest BCUT2D eigenvalue weighted by Gasteiger charge is -2.19. The second-order valence-corrected chi connectivity index (χ2v) is 9.06. The second kappa shape index (κ2) is 10.1. The van der Waals surface area contributed by atoms with Crippen LogP contribution in [0, 0.1) is 0 Å². The molecule has 1 aromatic carbocycles. The van der Waals surface area contributed by atoms with Crippen LogP contribution in [0.5, 0.6) is 0 Å². The van der Waals surface area contributed by atoms with E-state index in [1.807, 2.05) is 18.2 Å². The average molecular weight is 449 g/mol. The van der Waals surface area contributed by atoms with Gasteiger partial charge in [-0.15, -0.1) is 11.3 Å². The Bertz CT molecular complexity index is 946. The Hall–Kier alpha value is -2.42. The van der Waals surface area contributed by atoms with Crippen molar-refractivity contribution in [1.29, 1.82) is 0 Å². The molecule has 7 nitrogen and oxygen atoms in total. The van der Waals surface area contributed by atoms with Crippen molar-refractivity contribution in [3.05, 3.63) is 50.7 Å². The number of benzene rings is 1. The molecule has 1 atom stereocenters. The first-order valence-corrected chi connectivity index (χ1v) is 10.9.